The average molecular weight is 577 g/mol. The van der Waals surface area contributed by atoms with Crippen LogP contribution in [0.3, 0.4) is 0 Å². The molecule has 12 heteroatoms. The molecule has 1 aromatic carbocycles. The molecule has 10 nitrogen and oxygen atoms in total. The summed E-state index contributed by atoms with van der Waals surface area (Å²) in [5.74, 6) is 0.462. The van der Waals surface area contributed by atoms with E-state index in [1.54, 1.807) is 30.6 Å². The lowest BCUT2D eigenvalue weighted by Crippen LogP contribution is -2.33. The number of halogens is 2. The maximum absolute atomic E-state index is 14.3. The predicted molar refractivity (Wildman–Crippen MR) is 147 cm³/mol. The molecule has 0 aliphatic carbocycles. The molecule has 0 unspecified atom stereocenters. The molecule has 1 saturated heterocycles. The molecule has 0 saturated carbocycles. The van der Waals surface area contributed by atoms with E-state index in [9.17, 15) is 14.3 Å². The summed E-state index contributed by atoms with van der Waals surface area (Å²) in [4.78, 5) is 31.6. The number of aromatic carboxylic acids is 1. The van der Waals surface area contributed by atoms with E-state index in [0.29, 0.717) is 40.1 Å². The Morgan fingerprint density at radius 3 is 2.71 bits per heavy atom. The molecule has 6 rings (SSSR count). The lowest BCUT2D eigenvalue weighted by molar-refractivity contribution is 0.0691. The Hall–Kier alpha value is -4.35. The van der Waals surface area contributed by atoms with Gasteiger partial charge in [0.05, 0.1) is 12.7 Å². The van der Waals surface area contributed by atoms with Gasteiger partial charge in [-0.3, -0.25) is 4.90 Å². The van der Waals surface area contributed by atoms with E-state index in [2.05, 4.69) is 19.9 Å². The third-order valence-electron chi connectivity index (χ3n) is 7.24. The van der Waals surface area contributed by atoms with E-state index in [4.69, 9.17) is 25.7 Å². The second-order valence-corrected chi connectivity index (χ2v) is 10.3. The van der Waals surface area contributed by atoms with Gasteiger partial charge < -0.3 is 18.8 Å². The van der Waals surface area contributed by atoms with Crippen LogP contribution in [-0.2, 0) is 19.7 Å². The number of piperidine rings is 1. The predicted octanol–water partition coefficient (Wildman–Crippen LogP) is 5.31. The van der Waals surface area contributed by atoms with Crippen molar-refractivity contribution >= 4 is 28.7 Å². The fourth-order valence-electron chi connectivity index (χ4n) is 5.14. The Balaban J connectivity index is 1.16. The molecule has 0 bridgehead atoms. The van der Waals surface area contributed by atoms with Gasteiger partial charge in [0.1, 0.15) is 36.6 Å². The van der Waals surface area contributed by atoms with Gasteiger partial charge in [0.2, 0.25) is 11.8 Å². The average Bonchev–Trinajstić information content (AvgIpc) is 3.61. The van der Waals surface area contributed by atoms with Crippen LogP contribution in [0.2, 0.25) is 5.02 Å². The standard InChI is InChI=1S/C29H26ClFN6O4/c30-20-4-3-19(22(31)14-20)17-41-28-21(2-1-9-33-28)18-7-11-36(12-8-18)15-25-34-23-5-6-24(29(38)39)35-27(23)37(25)16-26-32-10-13-40-26/h1-6,9-10,13-14,18H,7-8,11-12,15-17H2,(H,38,39). The second kappa shape index (κ2) is 11.6. The van der Waals surface area contributed by atoms with Crippen molar-refractivity contribution in [2.24, 2.45) is 0 Å². The summed E-state index contributed by atoms with van der Waals surface area (Å²) in [5, 5.41) is 9.78. The van der Waals surface area contributed by atoms with Crippen LogP contribution in [-0.4, -0.2) is 53.6 Å². The van der Waals surface area contributed by atoms with E-state index in [-0.39, 0.29) is 24.8 Å². The van der Waals surface area contributed by atoms with E-state index in [1.807, 2.05) is 16.7 Å². The van der Waals surface area contributed by atoms with Crippen LogP contribution in [0.5, 0.6) is 5.88 Å². The van der Waals surface area contributed by atoms with E-state index in [0.717, 1.165) is 37.3 Å². The number of hydrogen-bond acceptors (Lipinski definition) is 8. The first-order valence-electron chi connectivity index (χ1n) is 13.2. The Morgan fingerprint density at radius 1 is 1.10 bits per heavy atom. The zero-order valence-electron chi connectivity index (χ0n) is 21.9. The zero-order chi connectivity index (χ0) is 28.3. The highest BCUT2D eigenvalue weighted by Gasteiger charge is 2.26. The van der Waals surface area contributed by atoms with Gasteiger partial charge in [0, 0.05) is 22.3 Å². The molecule has 1 N–H and O–H groups in total. The van der Waals surface area contributed by atoms with Gasteiger partial charge in [-0.05, 0) is 62.2 Å². The molecule has 41 heavy (non-hydrogen) atoms. The van der Waals surface area contributed by atoms with Crippen molar-refractivity contribution < 1.29 is 23.4 Å². The molecule has 210 valence electrons. The minimum absolute atomic E-state index is 0.0493. The van der Waals surface area contributed by atoms with Gasteiger partial charge in [-0.1, -0.05) is 23.7 Å². The minimum atomic E-state index is -1.10. The number of aromatic nitrogens is 5. The topological polar surface area (TPSA) is 119 Å². The normalized spacial score (nSPS) is 14.5. The molecular formula is C29H26ClFN6O4. The first kappa shape index (κ1) is 26.9. The number of likely N-dealkylation sites (tertiary alicyclic amines) is 1. The van der Waals surface area contributed by atoms with Crippen molar-refractivity contribution in [2.75, 3.05) is 13.1 Å². The molecule has 5 aromatic rings. The van der Waals surface area contributed by atoms with Crippen LogP contribution in [0.25, 0.3) is 11.2 Å². The van der Waals surface area contributed by atoms with E-state index < -0.39 is 11.8 Å². The Morgan fingerprint density at radius 2 is 1.95 bits per heavy atom. The van der Waals surface area contributed by atoms with Crippen molar-refractivity contribution in [1.29, 1.82) is 0 Å². The molecule has 0 spiro atoms. The van der Waals surface area contributed by atoms with Crippen molar-refractivity contribution in [3.8, 4) is 5.88 Å². The lowest BCUT2D eigenvalue weighted by atomic mass is 9.90. The third-order valence-corrected chi connectivity index (χ3v) is 7.47. The summed E-state index contributed by atoms with van der Waals surface area (Å²) >= 11 is 5.87. The molecule has 0 atom stereocenters. The number of carboxylic acids is 1. The maximum atomic E-state index is 14.3. The van der Waals surface area contributed by atoms with Crippen LogP contribution >= 0.6 is 11.6 Å². The summed E-state index contributed by atoms with van der Waals surface area (Å²) in [5.41, 5.74) is 2.45. The highest BCUT2D eigenvalue weighted by molar-refractivity contribution is 6.30. The Labute approximate surface area is 239 Å². The van der Waals surface area contributed by atoms with E-state index >= 15 is 0 Å². The molecule has 4 aromatic heterocycles. The monoisotopic (exact) mass is 576 g/mol. The Bertz CT molecular complexity index is 1680. The van der Waals surface area contributed by atoms with E-state index in [1.165, 1.54) is 18.4 Å². The van der Waals surface area contributed by atoms with Crippen LogP contribution in [0.4, 0.5) is 4.39 Å². The van der Waals surface area contributed by atoms with Gasteiger partial charge in [0.25, 0.3) is 0 Å². The molecule has 5 heterocycles. The maximum Gasteiger partial charge on any atom is 0.354 e. The summed E-state index contributed by atoms with van der Waals surface area (Å²) in [6, 6.07) is 11.6. The number of oxazole rings is 1. The summed E-state index contributed by atoms with van der Waals surface area (Å²) in [6.07, 6.45) is 6.49. The SMILES string of the molecule is O=C(O)c1ccc2nc(CN3CCC(c4cccnc4OCc4ccc(Cl)cc4F)CC3)n(Cc3ncco3)c2n1. The van der Waals surface area contributed by atoms with Crippen molar-refractivity contribution in [3.05, 3.63) is 100 Å². The fourth-order valence-corrected chi connectivity index (χ4v) is 5.30. The first-order chi connectivity index (χ1) is 19.9. The lowest BCUT2D eigenvalue weighted by Gasteiger charge is -2.32. The number of rotatable bonds is 9. The smallest absolute Gasteiger partial charge is 0.354 e. The quantitative estimate of drug-likeness (QED) is 0.249. The molecular weight excluding hydrogens is 551 g/mol. The van der Waals surface area contributed by atoms with Crippen molar-refractivity contribution in [2.45, 2.75) is 38.5 Å². The number of pyridine rings is 2. The molecule has 1 fully saturated rings. The Kier molecular flexibility index (Phi) is 7.62. The van der Waals surface area contributed by atoms with Crippen LogP contribution in [0, 0.1) is 5.82 Å². The number of carbonyl (C=O) groups is 1. The summed E-state index contributed by atoms with van der Waals surface area (Å²) < 4.78 is 27.5. The number of benzene rings is 1. The van der Waals surface area contributed by atoms with Gasteiger partial charge in [0.15, 0.2) is 11.3 Å². The highest BCUT2D eigenvalue weighted by atomic mass is 35.5. The summed E-state index contributed by atoms with van der Waals surface area (Å²) in [6.45, 7) is 2.51. The number of ether oxygens (including phenoxy) is 1. The van der Waals surface area contributed by atoms with Crippen LogP contribution in [0.15, 0.2) is 65.5 Å². The van der Waals surface area contributed by atoms with Crippen molar-refractivity contribution in [1.82, 2.24) is 29.4 Å². The summed E-state index contributed by atoms with van der Waals surface area (Å²) in [7, 11) is 0. The number of hydrogen-bond donors (Lipinski definition) is 1. The number of imidazole rings is 1. The van der Waals surface area contributed by atoms with Gasteiger partial charge in [-0.2, -0.15) is 0 Å². The highest BCUT2D eigenvalue weighted by Crippen LogP contribution is 2.34. The molecule has 0 amide bonds. The molecule has 0 radical (unpaired) electrons. The number of carboxylic acid groups (broad SMARTS) is 1. The molecule has 1 aliphatic heterocycles. The van der Waals surface area contributed by atoms with Gasteiger partial charge >= 0.3 is 5.97 Å². The fraction of sp³-hybridized carbons (Fsp3) is 0.276. The second-order valence-electron chi connectivity index (χ2n) is 9.86. The van der Waals surface area contributed by atoms with Gasteiger partial charge in [-0.25, -0.2) is 29.1 Å². The largest absolute Gasteiger partial charge is 0.477 e. The number of fused-ring (bicyclic) bond motifs is 1. The van der Waals surface area contributed by atoms with Crippen LogP contribution in [0.1, 0.15) is 52.1 Å². The van der Waals surface area contributed by atoms with Crippen LogP contribution < -0.4 is 4.74 Å². The number of nitrogens with zero attached hydrogens (tertiary/aromatic N) is 6. The zero-order valence-corrected chi connectivity index (χ0v) is 22.7. The first-order valence-corrected chi connectivity index (χ1v) is 13.5. The third kappa shape index (κ3) is 5.91. The van der Waals surface area contributed by atoms with Crippen molar-refractivity contribution in [3.63, 3.8) is 0 Å². The minimum Gasteiger partial charge on any atom is -0.477 e. The molecule has 1 aliphatic rings. The van der Waals surface area contributed by atoms with Gasteiger partial charge in [-0.15, -0.1) is 0 Å².